The molecule has 114 valence electrons. The number of methoxy groups -OCH3 is 1. The minimum atomic E-state index is -0.0399. The minimum absolute atomic E-state index is 0.0399. The summed E-state index contributed by atoms with van der Waals surface area (Å²) in [5, 5.41) is 0.902. The van der Waals surface area contributed by atoms with Crippen LogP contribution in [0.3, 0.4) is 0 Å². The number of thiophene rings is 1. The second-order valence-electron chi connectivity index (χ2n) is 5.14. The third-order valence-electron chi connectivity index (χ3n) is 3.40. The van der Waals surface area contributed by atoms with E-state index in [1.807, 2.05) is 19.9 Å². The molecule has 6 heteroatoms. The van der Waals surface area contributed by atoms with E-state index >= 15 is 0 Å². The van der Waals surface area contributed by atoms with E-state index in [4.69, 9.17) is 10.5 Å². The molecule has 0 fully saturated rings. The molecular weight excluding hydrogens is 286 g/mol. The summed E-state index contributed by atoms with van der Waals surface area (Å²) in [6, 6.07) is 1.98. The van der Waals surface area contributed by atoms with E-state index in [-0.39, 0.29) is 5.91 Å². The van der Waals surface area contributed by atoms with Gasteiger partial charge in [-0.15, -0.1) is 11.3 Å². The van der Waals surface area contributed by atoms with Crippen molar-refractivity contribution in [3.05, 3.63) is 22.3 Å². The first-order chi connectivity index (χ1) is 9.95. The third-order valence-corrected chi connectivity index (χ3v) is 4.54. The standard InChI is InChI=1S/C15H21N3O2S/c1-9-8-11-12(10(2)17-9)13(16)14(21-11)15(19)18(3)6-5-7-20-4/h8H,5-7,16H2,1-4H3. The summed E-state index contributed by atoms with van der Waals surface area (Å²) < 4.78 is 6.03. The van der Waals surface area contributed by atoms with Crippen molar-refractivity contribution in [1.29, 1.82) is 0 Å². The molecule has 0 aromatic carbocycles. The summed E-state index contributed by atoms with van der Waals surface area (Å²) >= 11 is 1.44. The molecule has 0 atom stereocenters. The molecule has 0 radical (unpaired) electrons. The van der Waals surface area contributed by atoms with Gasteiger partial charge in [0.15, 0.2) is 0 Å². The van der Waals surface area contributed by atoms with E-state index in [0.717, 1.165) is 27.9 Å². The van der Waals surface area contributed by atoms with E-state index < -0.39 is 0 Å². The smallest absolute Gasteiger partial charge is 0.265 e. The zero-order chi connectivity index (χ0) is 15.6. The Bertz CT molecular complexity index is 666. The highest BCUT2D eigenvalue weighted by Gasteiger charge is 2.21. The van der Waals surface area contributed by atoms with Crippen LogP contribution in [0.1, 0.15) is 27.5 Å². The summed E-state index contributed by atoms with van der Waals surface area (Å²) in [4.78, 5) is 19.2. The molecule has 0 aliphatic carbocycles. The Hall–Kier alpha value is -1.66. The number of amides is 1. The highest BCUT2D eigenvalue weighted by molar-refractivity contribution is 7.21. The number of anilines is 1. The van der Waals surface area contributed by atoms with Crippen molar-refractivity contribution < 1.29 is 9.53 Å². The monoisotopic (exact) mass is 307 g/mol. The molecule has 2 N–H and O–H groups in total. The van der Waals surface area contributed by atoms with Gasteiger partial charge in [0.25, 0.3) is 5.91 Å². The molecular formula is C15H21N3O2S. The van der Waals surface area contributed by atoms with Gasteiger partial charge in [-0.05, 0) is 26.3 Å². The number of nitrogens with zero attached hydrogens (tertiary/aromatic N) is 2. The number of ether oxygens (including phenoxy) is 1. The number of carbonyl (C=O) groups is 1. The van der Waals surface area contributed by atoms with E-state index in [0.29, 0.717) is 23.7 Å². The summed E-state index contributed by atoms with van der Waals surface area (Å²) in [5.74, 6) is -0.0399. The molecule has 2 aromatic rings. The van der Waals surface area contributed by atoms with Gasteiger partial charge in [0.05, 0.1) is 5.69 Å². The lowest BCUT2D eigenvalue weighted by Crippen LogP contribution is -2.28. The Morgan fingerprint density at radius 2 is 2.19 bits per heavy atom. The Balaban J connectivity index is 2.32. The van der Waals surface area contributed by atoms with Crippen molar-refractivity contribution in [2.24, 2.45) is 0 Å². The molecule has 0 bridgehead atoms. The number of hydrogen-bond donors (Lipinski definition) is 1. The van der Waals surface area contributed by atoms with Gasteiger partial charge >= 0.3 is 0 Å². The number of nitrogen functional groups attached to an aromatic ring is 1. The van der Waals surface area contributed by atoms with E-state index in [1.165, 1.54) is 11.3 Å². The molecule has 1 amide bonds. The number of hydrogen-bond acceptors (Lipinski definition) is 5. The quantitative estimate of drug-likeness (QED) is 0.862. The molecule has 0 saturated carbocycles. The van der Waals surface area contributed by atoms with Crippen molar-refractivity contribution >= 4 is 33.0 Å². The van der Waals surface area contributed by atoms with E-state index in [1.54, 1.807) is 19.1 Å². The van der Waals surface area contributed by atoms with Crippen LogP contribution < -0.4 is 5.73 Å². The van der Waals surface area contributed by atoms with Gasteiger partial charge in [-0.1, -0.05) is 0 Å². The van der Waals surface area contributed by atoms with Crippen molar-refractivity contribution in [3.63, 3.8) is 0 Å². The topological polar surface area (TPSA) is 68.5 Å². The average Bonchev–Trinajstić information content (AvgIpc) is 2.75. The molecule has 2 heterocycles. The number of aromatic nitrogens is 1. The summed E-state index contributed by atoms with van der Waals surface area (Å²) in [6.45, 7) is 5.16. The van der Waals surface area contributed by atoms with E-state index in [9.17, 15) is 4.79 Å². The summed E-state index contributed by atoms with van der Waals surface area (Å²) in [6.07, 6.45) is 0.809. The van der Waals surface area contributed by atoms with Gasteiger partial charge in [0.1, 0.15) is 4.88 Å². The number of fused-ring (bicyclic) bond motifs is 1. The largest absolute Gasteiger partial charge is 0.397 e. The van der Waals surface area contributed by atoms with Crippen molar-refractivity contribution in [1.82, 2.24) is 9.88 Å². The summed E-state index contributed by atoms with van der Waals surface area (Å²) in [5.41, 5.74) is 8.54. The normalized spacial score (nSPS) is 11.0. The molecule has 0 aliphatic heterocycles. The van der Waals surface area contributed by atoms with Gasteiger partial charge < -0.3 is 15.4 Å². The second kappa shape index (κ2) is 6.41. The Kier molecular flexibility index (Phi) is 4.80. The first-order valence-corrected chi connectivity index (χ1v) is 7.68. The third kappa shape index (κ3) is 3.16. The molecule has 2 rings (SSSR count). The number of pyridine rings is 1. The van der Waals surface area contributed by atoms with Crippen LogP contribution >= 0.6 is 11.3 Å². The number of aryl methyl sites for hydroxylation is 2. The first-order valence-electron chi connectivity index (χ1n) is 6.86. The highest BCUT2D eigenvalue weighted by Crippen LogP contribution is 2.36. The van der Waals surface area contributed by atoms with Crippen molar-refractivity contribution in [2.75, 3.05) is 33.0 Å². The van der Waals surface area contributed by atoms with E-state index in [2.05, 4.69) is 4.98 Å². The molecule has 0 unspecified atom stereocenters. The SMILES string of the molecule is COCCCN(C)C(=O)c1sc2cc(C)nc(C)c2c1N. The van der Waals surface area contributed by atoms with Crippen molar-refractivity contribution in [2.45, 2.75) is 20.3 Å². The second-order valence-corrected chi connectivity index (χ2v) is 6.19. The Labute approximate surface area is 128 Å². The number of rotatable bonds is 5. The Morgan fingerprint density at radius 3 is 2.86 bits per heavy atom. The summed E-state index contributed by atoms with van der Waals surface area (Å²) in [7, 11) is 3.45. The fourth-order valence-electron chi connectivity index (χ4n) is 2.36. The fourth-order valence-corrected chi connectivity index (χ4v) is 3.62. The van der Waals surface area contributed by atoms with Gasteiger partial charge in [-0.2, -0.15) is 0 Å². The zero-order valence-electron chi connectivity index (χ0n) is 12.9. The average molecular weight is 307 g/mol. The fraction of sp³-hybridized carbons (Fsp3) is 0.467. The van der Waals surface area contributed by atoms with Crippen LogP contribution in [-0.2, 0) is 4.74 Å². The lowest BCUT2D eigenvalue weighted by molar-refractivity contribution is 0.0785. The van der Waals surface area contributed by atoms with Gasteiger partial charge in [0, 0.05) is 48.8 Å². The van der Waals surface area contributed by atoms with Crippen LogP contribution in [0.15, 0.2) is 6.07 Å². The van der Waals surface area contributed by atoms with Crippen LogP contribution in [0.2, 0.25) is 0 Å². The van der Waals surface area contributed by atoms with Crippen LogP contribution in [0.5, 0.6) is 0 Å². The Morgan fingerprint density at radius 1 is 1.48 bits per heavy atom. The highest BCUT2D eigenvalue weighted by atomic mass is 32.1. The van der Waals surface area contributed by atoms with Crippen LogP contribution in [0.25, 0.3) is 10.1 Å². The molecule has 21 heavy (non-hydrogen) atoms. The predicted molar refractivity (Wildman–Crippen MR) is 87.0 cm³/mol. The lowest BCUT2D eigenvalue weighted by atomic mass is 10.2. The maximum Gasteiger partial charge on any atom is 0.265 e. The van der Waals surface area contributed by atoms with Crippen LogP contribution in [0.4, 0.5) is 5.69 Å². The molecule has 2 aromatic heterocycles. The molecule has 0 aliphatic rings. The van der Waals surface area contributed by atoms with Gasteiger partial charge in [-0.25, -0.2) is 0 Å². The number of carbonyl (C=O) groups excluding carboxylic acids is 1. The van der Waals surface area contributed by atoms with Crippen LogP contribution in [-0.4, -0.2) is 43.1 Å². The lowest BCUT2D eigenvalue weighted by Gasteiger charge is -2.16. The first kappa shape index (κ1) is 15.7. The number of nitrogens with two attached hydrogens (primary N) is 1. The van der Waals surface area contributed by atoms with Gasteiger partial charge in [0.2, 0.25) is 0 Å². The predicted octanol–water partition coefficient (Wildman–Crippen LogP) is 2.60. The maximum absolute atomic E-state index is 12.5. The molecule has 0 spiro atoms. The molecule has 5 nitrogen and oxygen atoms in total. The van der Waals surface area contributed by atoms with Gasteiger partial charge in [-0.3, -0.25) is 9.78 Å². The minimum Gasteiger partial charge on any atom is -0.397 e. The maximum atomic E-state index is 12.5. The zero-order valence-corrected chi connectivity index (χ0v) is 13.7. The molecule has 0 saturated heterocycles. The van der Waals surface area contributed by atoms with Crippen molar-refractivity contribution in [3.8, 4) is 0 Å². The van der Waals surface area contributed by atoms with Crippen LogP contribution in [0, 0.1) is 13.8 Å².